The fourth-order valence-corrected chi connectivity index (χ4v) is 1.89. The molecule has 0 aliphatic carbocycles. The number of ether oxygens (including phenoxy) is 1. The molecule has 2 aromatic rings. The van der Waals surface area contributed by atoms with Gasteiger partial charge in [-0.05, 0) is 42.8 Å². The quantitative estimate of drug-likeness (QED) is 0.833. The number of carbonyl (C=O) groups is 2. The highest BCUT2D eigenvalue weighted by Crippen LogP contribution is 2.12. The zero-order valence-electron chi connectivity index (χ0n) is 12.6. The topological polar surface area (TPSA) is 67.4 Å². The summed E-state index contributed by atoms with van der Waals surface area (Å²) in [6, 6.07) is 12.5. The van der Waals surface area contributed by atoms with Crippen molar-refractivity contribution in [2.24, 2.45) is 0 Å². The van der Waals surface area contributed by atoms with Crippen LogP contribution in [0.1, 0.15) is 12.5 Å². The minimum absolute atomic E-state index is 0.210. The Balaban J connectivity index is 1.85. The molecule has 6 heteroatoms. The predicted octanol–water partition coefficient (Wildman–Crippen LogP) is 2.48. The molecule has 0 aliphatic heterocycles. The van der Waals surface area contributed by atoms with Crippen LogP contribution in [0.5, 0.6) is 5.75 Å². The largest absolute Gasteiger partial charge is 0.494 e. The summed E-state index contributed by atoms with van der Waals surface area (Å²) in [4.78, 5) is 23.5. The van der Waals surface area contributed by atoms with Crippen LogP contribution in [0.2, 0.25) is 0 Å². The van der Waals surface area contributed by atoms with Crippen molar-refractivity contribution in [3.8, 4) is 5.75 Å². The number of nitrogens with one attached hydrogen (secondary N) is 2. The van der Waals surface area contributed by atoms with Crippen LogP contribution in [-0.4, -0.2) is 18.4 Å². The maximum atomic E-state index is 13.0. The Morgan fingerprint density at radius 3 is 2.48 bits per heavy atom. The van der Waals surface area contributed by atoms with Crippen molar-refractivity contribution >= 4 is 17.5 Å². The Hall–Kier alpha value is -2.89. The highest BCUT2D eigenvalue weighted by atomic mass is 19.1. The van der Waals surface area contributed by atoms with Crippen LogP contribution in [0.4, 0.5) is 10.1 Å². The second-order valence-electron chi connectivity index (χ2n) is 4.72. The molecule has 0 bridgehead atoms. The van der Waals surface area contributed by atoms with Crippen LogP contribution in [0, 0.1) is 5.82 Å². The molecule has 0 saturated heterocycles. The molecule has 0 fully saturated rings. The third kappa shape index (κ3) is 5.10. The van der Waals surface area contributed by atoms with Crippen LogP contribution in [0.25, 0.3) is 0 Å². The minimum atomic E-state index is -0.846. The second kappa shape index (κ2) is 7.93. The number of benzene rings is 2. The molecule has 23 heavy (non-hydrogen) atoms. The molecule has 0 saturated carbocycles. The molecule has 0 aliphatic rings. The number of hydrogen-bond donors (Lipinski definition) is 2. The van der Waals surface area contributed by atoms with Gasteiger partial charge >= 0.3 is 11.8 Å². The average Bonchev–Trinajstić information content (AvgIpc) is 2.54. The van der Waals surface area contributed by atoms with E-state index in [1.807, 2.05) is 6.92 Å². The van der Waals surface area contributed by atoms with Crippen molar-refractivity contribution in [3.63, 3.8) is 0 Å². The third-order valence-corrected chi connectivity index (χ3v) is 2.98. The number of anilines is 1. The second-order valence-corrected chi connectivity index (χ2v) is 4.72. The maximum Gasteiger partial charge on any atom is 0.313 e. The molecule has 120 valence electrons. The van der Waals surface area contributed by atoms with E-state index in [9.17, 15) is 14.0 Å². The van der Waals surface area contributed by atoms with E-state index in [-0.39, 0.29) is 12.2 Å². The predicted molar refractivity (Wildman–Crippen MR) is 84.5 cm³/mol. The number of carbonyl (C=O) groups excluding carboxylic acids is 2. The van der Waals surface area contributed by atoms with E-state index >= 15 is 0 Å². The third-order valence-electron chi connectivity index (χ3n) is 2.98. The summed E-state index contributed by atoms with van der Waals surface area (Å²) < 4.78 is 18.3. The summed E-state index contributed by atoms with van der Waals surface area (Å²) in [6.45, 7) is 2.68. The van der Waals surface area contributed by atoms with Gasteiger partial charge in [0.25, 0.3) is 0 Å². The van der Waals surface area contributed by atoms with Gasteiger partial charge in [-0.25, -0.2) is 4.39 Å². The monoisotopic (exact) mass is 316 g/mol. The lowest BCUT2D eigenvalue weighted by molar-refractivity contribution is -0.136. The molecule has 2 N–H and O–H groups in total. The van der Waals surface area contributed by atoms with Crippen LogP contribution in [0.3, 0.4) is 0 Å². The zero-order valence-corrected chi connectivity index (χ0v) is 12.6. The summed E-state index contributed by atoms with van der Waals surface area (Å²) in [6.07, 6.45) is 0. The van der Waals surface area contributed by atoms with Crippen molar-refractivity contribution in [2.75, 3.05) is 11.9 Å². The van der Waals surface area contributed by atoms with Gasteiger partial charge in [-0.3, -0.25) is 9.59 Å². The number of amides is 2. The fourth-order valence-electron chi connectivity index (χ4n) is 1.89. The van der Waals surface area contributed by atoms with Gasteiger partial charge in [0.15, 0.2) is 0 Å². The Kier molecular flexibility index (Phi) is 5.68. The standard InChI is InChI=1S/C17H17FN2O3/c1-2-23-15-8-6-12(7-9-15)11-19-16(21)17(22)20-14-5-3-4-13(18)10-14/h3-10H,2,11H2,1H3,(H,19,21)(H,20,22). The van der Waals surface area contributed by atoms with Gasteiger partial charge in [0, 0.05) is 12.2 Å². The normalized spacial score (nSPS) is 10.0. The molecule has 0 aromatic heterocycles. The van der Waals surface area contributed by atoms with Crippen LogP contribution < -0.4 is 15.4 Å². The highest BCUT2D eigenvalue weighted by Gasteiger charge is 2.13. The van der Waals surface area contributed by atoms with Crippen molar-refractivity contribution in [1.82, 2.24) is 5.32 Å². The molecular formula is C17H17FN2O3. The molecule has 2 amide bonds. The van der Waals surface area contributed by atoms with E-state index in [4.69, 9.17) is 4.74 Å². The van der Waals surface area contributed by atoms with Gasteiger partial charge in [0.2, 0.25) is 0 Å². The van der Waals surface area contributed by atoms with Crippen molar-refractivity contribution in [3.05, 3.63) is 59.9 Å². The van der Waals surface area contributed by atoms with Crippen LogP contribution in [-0.2, 0) is 16.1 Å². The molecule has 0 heterocycles. The Bertz CT molecular complexity index is 686. The first-order valence-corrected chi connectivity index (χ1v) is 7.15. The number of hydrogen-bond acceptors (Lipinski definition) is 3. The Morgan fingerprint density at radius 2 is 1.83 bits per heavy atom. The van der Waals surface area contributed by atoms with Gasteiger partial charge in [-0.1, -0.05) is 18.2 Å². The lowest BCUT2D eigenvalue weighted by Crippen LogP contribution is -2.34. The first kappa shape index (κ1) is 16.5. The van der Waals surface area contributed by atoms with Crippen LogP contribution in [0.15, 0.2) is 48.5 Å². The van der Waals surface area contributed by atoms with E-state index < -0.39 is 17.6 Å². The number of halogens is 1. The highest BCUT2D eigenvalue weighted by molar-refractivity contribution is 6.39. The van der Waals surface area contributed by atoms with E-state index in [1.54, 1.807) is 24.3 Å². The van der Waals surface area contributed by atoms with Gasteiger partial charge in [-0.15, -0.1) is 0 Å². The first-order chi connectivity index (χ1) is 11.1. The Morgan fingerprint density at radius 1 is 1.09 bits per heavy atom. The van der Waals surface area contributed by atoms with Gasteiger partial charge in [0.05, 0.1) is 6.61 Å². The zero-order chi connectivity index (χ0) is 16.7. The van der Waals surface area contributed by atoms with Gasteiger partial charge in [-0.2, -0.15) is 0 Å². The molecule has 2 rings (SSSR count). The number of rotatable bonds is 5. The maximum absolute atomic E-state index is 13.0. The minimum Gasteiger partial charge on any atom is -0.494 e. The van der Waals surface area contributed by atoms with E-state index in [2.05, 4.69) is 10.6 Å². The summed E-state index contributed by atoms with van der Waals surface area (Å²) >= 11 is 0. The van der Waals surface area contributed by atoms with E-state index in [1.165, 1.54) is 18.2 Å². The molecule has 0 atom stereocenters. The van der Waals surface area contributed by atoms with Crippen molar-refractivity contribution in [2.45, 2.75) is 13.5 Å². The lowest BCUT2D eigenvalue weighted by atomic mass is 10.2. The molecule has 0 radical (unpaired) electrons. The van der Waals surface area contributed by atoms with Gasteiger partial charge < -0.3 is 15.4 Å². The first-order valence-electron chi connectivity index (χ1n) is 7.15. The smallest absolute Gasteiger partial charge is 0.313 e. The SMILES string of the molecule is CCOc1ccc(CNC(=O)C(=O)Nc2cccc(F)c2)cc1. The fraction of sp³-hybridized carbons (Fsp3) is 0.176. The molecule has 2 aromatic carbocycles. The lowest BCUT2D eigenvalue weighted by Gasteiger charge is -2.08. The molecule has 5 nitrogen and oxygen atoms in total. The molecular weight excluding hydrogens is 299 g/mol. The van der Waals surface area contributed by atoms with Crippen molar-refractivity contribution < 1.29 is 18.7 Å². The van der Waals surface area contributed by atoms with Crippen molar-refractivity contribution in [1.29, 1.82) is 0 Å². The van der Waals surface area contributed by atoms with E-state index in [0.29, 0.717) is 6.61 Å². The van der Waals surface area contributed by atoms with Crippen LogP contribution >= 0.6 is 0 Å². The summed E-state index contributed by atoms with van der Waals surface area (Å²) in [7, 11) is 0. The summed E-state index contributed by atoms with van der Waals surface area (Å²) in [5, 5.41) is 4.83. The summed E-state index contributed by atoms with van der Waals surface area (Å²) in [5.41, 5.74) is 1.06. The van der Waals surface area contributed by atoms with E-state index in [0.717, 1.165) is 17.4 Å². The Labute approximate surface area is 133 Å². The molecule has 0 spiro atoms. The van der Waals surface area contributed by atoms with Gasteiger partial charge in [0.1, 0.15) is 11.6 Å². The molecule has 0 unspecified atom stereocenters. The average molecular weight is 316 g/mol. The summed E-state index contributed by atoms with van der Waals surface area (Å²) in [5.74, 6) is -1.38.